The highest BCUT2D eigenvalue weighted by Gasteiger charge is 2.36. The van der Waals surface area contributed by atoms with Gasteiger partial charge in [-0.3, -0.25) is 14.2 Å². The number of nitrogens with zero attached hydrogens (tertiary/aromatic N) is 2. The molecule has 11 heteroatoms. The van der Waals surface area contributed by atoms with Crippen LogP contribution >= 0.6 is 34.5 Å². The molecule has 1 amide bonds. The Bertz CT molecular complexity index is 1960. The van der Waals surface area contributed by atoms with E-state index in [0.717, 1.165) is 11.3 Å². The number of hydrogen-bond acceptors (Lipinski definition) is 7. The first kappa shape index (κ1) is 28.1. The topological polar surface area (TPSA) is 119 Å². The number of carbonyl (C=O) groups excluding carboxylic acids is 1. The van der Waals surface area contributed by atoms with E-state index in [1.54, 1.807) is 72.8 Å². The Labute approximate surface area is 248 Å². The number of ether oxygens (including phenoxy) is 2. The van der Waals surface area contributed by atoms with Gasteiger partial charge >= 0.3 is 0 Å². The molecule has 5 rings (SSSR count). The third-order valence-corrected chi connectivity index (χ3v) is 8.37. The summed E-state index contributed by atoms with van der Waals surface area (Å²) in [6, 6.07) is 21.0. The highest BCUT2D eigenvalue weighted by atomic mass is 35.5. The van der Waals surface area contributed by atoms with Crippen molar-refractivity contribution in [2.75, 3.05) is 19.5 Å². The van der Waals surface area contributed by atoms with Crippen LogP contribution in [0.25, 0.3) is 17.5 Å². The van der Waals surface area contributed by atoms with Crippen molar-refractivity contribution in [2.24, 2.45) is 5.73 Å². The number of nitrogens with one attached hydrogen (secondary N) is 1. The van der Waals surface area contributed by atoms with Gasteiger partial charge in [-0.15, -0.1) is 11.3 Å². The van der Waals surface area contributed by atoms with E-state index in [0.29, 0.717) is 38.4 Å². The minimum absolute atomic E-state index is 0.0154. The van der Waals surface area contributed by atoms with Gasteiger partial charge in [-0.2, -0.15) is 5.26 Å². The molecule has 1 aliphatic rings. The number of nitriles is 1. The van der Waals surface area contributed by atoms with Crippen LogP contribution in [0.3, 0.4) is 0 Å². The molecule has 3 N–H and O–H groups in total. The molecule has 0 aliphatic carbocycles. The van der Waals surface area contributed by atoms with Crippen LogP contribution in [-0.4, -0.2) is 24.7 Å². The van der Waals surface area contributed by atoms with Crippen molar-refractivity contribution in [1.82, 2.24) is 4.57 Å². The van der Waals surface area contributed by atoms with Gasteiger partial charge in [-0.1, -0.05) is 59.6 Å². The van der Waals surface area contributed by atoms with E-state index in [9.17, 15) is 14.9 Å². The van der Waals surface area contributed by atoms with E-state index in [-0.39, 0.29) is 26.2 Å². The second-order valence-electron chi connectivity index (χ2n) is 8.88. The molecule has 0 radical (unpaired) electrons. The molecule has 0 bridgehead atoms. The zero-order valence-corrected chi connectivity index (χ0v) is 24.1. The highest BCUT2D eigenvalue weighted by molar-refractivity contribution is 7.07. The van der Waals surface area contributed by atoms with E-state index in [4.69, 9.17) is 38.4 Å². The number of allylic oxidation sites excluding steroid dienone is 1. The predicted octanol–water partition coefficient (Wildman–Crippen LogP) is 4.30. The summed E-state index contributed by atoms with van der Waals surface area (Å²) in [4.78, 5) is 27.8. The largest absolute Gasteiger partial charge is 0.497 e. The number of fused-ring (bicyclic) bond motifs is 1. The Morgan fingerprint density at radius 1 is 1.07 bits per heavy atom. The van der Waals surface area contributed by atoms with E-state index in [1.165, 1.54) is 18.8 Å². The number of hydrogen-bond donors (Lipinski definition) is 2. The molecule has 1 atom stereocenters. The maximum Gasteiger partial charge on any atom is 0.274 e. The summed E-state index contributed by atoms with van der Waals surface area (Å²) in [6.07, 6.45) is 1.63. The summed E-state index contributed by atoms with van der Waals surface area (Å²) in [5, 5.41) is 13.9. The van der Waals surface area contributed by atoms with Crippen molar-refractivity contribution in [3.05, 3.63) is 113 Å². The molecule has 3 aromatic carbocycles. The molecule has 8 nitrogen and oxygen atoms in total. The van der Waals surface area contributed by atoms with Crippen molar-refractivity contribution < 1.29 is 14.3 Å². The standard InChI is InChI=1S/C30H22Cl2N4O4S/c1-39-17-11-12-22(23(14-17)40-2)35-28(37)26-25(18-8-4-6-10-21(18)32)19(15-33)27(34)36-29(38)24(41-30(26)36)13-16-7-3-5-9-20(16)31/h3-14,25H,34H2,1-2H3,(H,35,37)/b24-13-. The molecule has 1 aliphatic heterocycles. The minimum Gasteiger partial charge on any atom is -0.497 e. The van der Waals surface area contributed by atoms with Crippen molar-refractivity contribution in [3.63, 3.8) is 0 Å². The molecule has 0 saturated heterocycles. The number of nitrogens with two attached hydrogens (primary N) is 1. The zero-order valence-electron chi connectivity index (χ0n) is 21.8. The normalized spacial score (nSPS) is 14.9. The molecule has 0 spiro atoms. The van der Waals surface area contributed by atoms with Crippen molar-refractivity contribution >= 4 is 63.6 Å². The number of thiazole rings is 1. The Morgan fingerprint density at radius 3 is 2.44 bits per heavy atom. The van der Waals surface area contributed by atoms with Crippen molar-refractivity contribution in [1.29, 1.82) is 5.26 Å². The summed E-state index contributed by atoms with van der Waals surface area (Å²) in [5.74, 6) is -0.711. The molecule has 0 fully saturated rings. The minimum atomic E-state index is -0.954. The smallest absolute Gasteiger partial charge is 0.274 e. The quantitative estimate of drug-likeness (QED) is 0.339. The lowest BCUT2D eigenvalue weighted by Gasteiger charge is -2.26. The molecule has 1 aromatic heterocycles. The first-order chi connectivity index (χ1) is 19.8. The molecule has 1 unspecified atom stereocenters. The maximum absolute atomic E-state index is 14.2. The zero-order chi connectivity index (χ0) is 29.3. The molecule has 206 valence electrons. The van der Waals surface area contributed by atoms with Crippen LogP contribution in [0, 0.1) is 11.3 Å². The number of amides is 1. The van der Waals surface area contributed by atoms with E-state index in [2.05, 4.69) is 11.4 Å². The van der Waals surface area contributed by atoms with Gasteiger partial charge in [0.15, 0.2) is 0 Å². The number of methoxy groups -OCH3 is 2. The van der Waals surface area contributed by atoms with Gasteiger partial charge in [0.05, 0.1) is 47.6 Å². The molecular formula is C30H22Cl2N4O4S. The van der Waals surface area contributed by atoms with Gasteiger partial charge in [0, 0.05) is 16.1 Å². The van der Waals surface area contributed by atoms with Gasteiger partial charge in [-0.25, -0.2) is 0 Å². The number of aromatic nitrogens is 1. The molecule has 2 heterocycles. The lowest BCUT2D eigenvalue weighted by Crippen LogP contribution is -2.40. The highest BCUT2D eigenvalue weighted by Crippen LogP contribution is 2.40. The third kappa shape index (κ3) is 5.09. The maximum atomic E-state index is 14.2. The van der Waals surface area contributed by atoms with Crippen LogP contribution in [0.4, 0.5) is 5.69 Å². The van der Waals surface area contributed by atoms with E-state index < -0.39 is 17.4 Å². The summed E-state index contributed by atoms with van der Waals surface area (Å²) in [6.45, 7) is 0. The lowest BCUT2D eigenvalue weighted by molar-refractivity contribution is -0.111. The average Bonchev–Trinajstić information content (AvgIpc) is 3.30. The fraction of sp³-hybridized carbons (Fsp3) is 0.100. The van der Waals surface area contributed by atoms with Crippen LogP contribution in [0.5, 0.6) is 11.5 Å². The molecule has 4 aromatic rings. The summed E-state index contributed by atoms with van der Waals surface area (Å²) < 4.78 is 12.5. The van der Waals surface area contributed by atoms with Crippen molar-refractivity contribution in [3.8, 4) is 17.6 Å². The van der Waals surface area contributed by atoms with Crippen LogP contribution < -0.4 is 35.3 Å². The van der Waals surface area contributed by atoms with Gasteiger partial charge < -0.3 is 20.5 Å². The molecule has 0 saturated carbocycles. The van der Waals surface area contributed by atoms with Crippen LogP contribution in [0.1, 0.15) is 17.0 Å². The van der Waals surface area contributed by atoms with Crippen LogP contribution in [0.2, 0.25) is 10.0 Å². The second kappa shape index (κ2) is 11.6. The molecule has 41 heavy (non-hydrogen) atoms. The fourth-order valence-corrected chi connectivity index (χ4v) is 6.21. The van der Waals surface area contributed by atoms with E-state index >= 15 is 0 Å². The van der Waals surface area contributed by atoms with Gasteiger partial charge in [-0.05, 0) is 41.5 Å². The van der Waals surface area contributed by atoms with E-state index in [1.807, 2.05) is 0 Å². The Hall–Kier alpha value is -4.49. The van der Waals surface area contributed by atoms with Crippen molar-refractivity contribution in [2.45, 2.75) is 5.92 Å². The monoisotopic (exact) mass is 604 g/mol. The summed E-state index contributed by atoms with van der Waals surface area (Å²) >= 11 is 14.0. The molecular weight excluding hydrogens is 583 g/mol. The summed E-state index contributed by atoms with van der Waals surface area (Å²) in [5.41, 5.74) is 7.60. The predicted molar refractivity (Wildman–Crippen MR) is 162 cm³/mol. The van der Waals surface area contributed by atoms with Crippen LogP contribution in [-0.2, 0) is 4.79 Å². The van der Waals surface area contributed by atoms with Gasteiger partial charge in [0.2, 0.25) is 0 Å². The summed E-state index contributed by atoms with van der Waals surface area (Å²) in [7, 11) is 2.99. The fourth-order valence-electron chi connectivity index (χ4n) is 4.61. The Morgan fingerprint density at radius 2 is 1.78 bits per heavy atom. The average molecular weight is 606 g/mol. The number of rotatable bonds is 6. The SMILES string of the molecule is COc1ccc(NC(=O)C2=c3s/c(=C\c4ccccc4Cl)c(=O)n3C(N)=C(C#N)C2c2ccccc2Cl)c(OC)c1. The number of halogens is 2. The van der Waals surface area contributed by atoms with Gasteiger partial charge in [0.25, 0.3) is 11.5 Å². The Balaban J connectivity index is 1.82. The lowest BCUT2D eigenvalue weighted by atomic mass is 9.83. The Kier molecular flexibility index (Phi) is 7.90. The third-order valence-electron chi connectivity index (χ3n) is 6.58. The van der Waals surface area contributed by atoms with Crippen LogP contribution in [0.15, 0.2) is 77.1 Å². The number of benzene rings is 3. The first-order valence-corrected chi connectivity index (χ1v) is 13.8. The number of carbonyl (C=O) groups is 1. The number of anilines is 1. The second-order valence-corrected chi connectivity index (χ2v) is 10.7. The first-order valence-electron chi connectivity index (χ1n) is 12.2. The van der Waals surface area contributed by atoms with Gasteiger partial charge in [0.1, 0.15) is 22.0 Å².